The lowest BCUT2D eigenvalue weighted by molar-refractivity contribution is -0.152. The highest BCUT2D eigenvalue weighted by Gasteiger charge is 2.44. The van der Waals surface area contributed by atoms with E-state index in [-0.39, 0.29) is 18.4 Å². The third-order valence-corrected chi connectivity index (χ3v) is 2.95. The van der Waals surface area contributed by atoms with Gasteiger partial charge in [-0.25, -0.2) is 0 Å². The molecule has 0 amide bonds. The van der Waals surface area contributed by atoms with Crippen molar-refractivity contribution in [3.63, 3.8) is 0 Å². The lowest BCUT2D eigenvalue weighted by Crippen LogP contribution is -2.25. The minimum absolute atomic E-state index is 0.0263. The van der Waals surface area contributed by atoms with E-state index in [1.807, 2.05) is 0 Å². The van der Waals surface area contributed by atoms with E-state index in [1.165, 1.54) is 25.1 Å². The van der Waals surface area contributed by atoms with Crippen molar-refractivity contribution in [2.75, 3.05) is 0 Å². The third-order valence-electron chi connectivity index (χ3n) is 2.95. The van der Waals surface area contributed by atoms with Gasteiger partial charge < -0.3 is 4.74 Å². The molecule has 92 valence electrons. The fourth-order valence-electron chi connectivity index (χ4n) is 2.08. The van der Waals surface area contributed by atoms with Crippen LogP contribution in [0.25, 0.3) is 0 Å². The standard InChI is InChI=1S/C12H11F3O2/c1-11(7-6-10(16)17-11)8-4-2-3-5-9(8)12(13,14)15/h2-5H,6-7H2,1H3. The number of benzene rings is 1. The topological polar surface area (TPSA) is 26.3 Å². The molecule has 0 bridgehead atoms. The van der Waals surface area contributed by atoms with Gasteiger partial charge in [0.25, 0.3) is 0 Å². The van der Waals surface area contributed by atoms with Crippen molar-refractivity contribution in [1.82, 2.24) is 0 Å². The number of rotatable bonds is 1. The van der Waals surface area contributed by atoms with E-state index in [0.29, 0.717) is 0 Å². The highest BCUT2D eigenvalue weighted by atomic mass is 19.4. The molecule has 1 atom stereocenters. The van der Waals surface area contributed by atoms with Crippen LogP contribution in [0.5, 0.6) is 0 Å². The first-order valence-corrected chi connectivity index (χ1v) is 5.21. The van der Waals surface area contributed by atoms with Gasteiger partial charge in [-0.2, -0.15) is 13.2 Å². The second kappa shape index (κ2) is 3.75. The molecule has 2 rings (SSSR count). The van der Waals surface area contributed by atoms with Gasteiger partial charge in [-0.3, -0.25) is 4.79 Å². The summed E-state index contributed by atoms with van der Waals surface area (Å²) < 4.78 is 43.5. The average Bonchev–Trinajstić information content (AvgIpc) is 2.59. The number of carbonyl (C=O) groups excluding carboxylic acids is 1. The molecule has 17 heavy (non-hydrogen) atoms. The molecule has 1 aliphatic rings. The Bertz CT molecular complexity index is 453. The highest BCUT2D eigenvalue weighted by Crippen LogP contribution is 2.42. The van der Waals surface area contributed by atoms with Crippen LogP contribution in [0.2, 0.25) is 0 Å². The highest BCUT2D eigenvalue weighted by molar-refractivity contribution is 5.72. The molecule has 0 radical (unpaired) electrons. The summed E-state index contributed by atoms with van der Waals surface area (Å²) in [6, 6.07) is 5.21. The largest absolute Gasteiger partial charge is 0.454 e. The van der Waals surface area contributed by atoms with Crippen LogP contribution in [0.4, 0.5) is 13.2 Å². The van der Waals surface area contributed by atoms with Crippen molar-refractivity contribution in [2.45, 2.75) is 31.5 Å². The predicted molar refractivity (Wildman–Crippen MR) is 54.1 cm³/mol. The summed E-state index contributed by atoms with van der Waals surface area (Å²) >= 11 is 0. The van der Waals surface area contributed by atoms with Crippen molar-refractivity contribution >= 4 is 5.97 Å². The Labute approximate surface area is 96.4 Å². The van der Waals surface area contributed by atoms with Crippen LogP contribution in [0.3, 0.4) is 0 Å². The molecule has 1 unspecified atom stereocenters. The smallest absolute Gasteiger partial charge is 0.416 e. The fraction of sp³-hybridized carbons (Fsp3) is 0.417. The summed E-state index contributed by atoms with van der Waals surface area (Å²) in [5, 5.41) is 0. The van der Waals surface area contributed by atoms with Gasteiger partial charge in [0.15, 0.2) is 0 Å². The molecule has 1 heterocycles. The lowest BCUT2D eigenvalue weighted by atomic mass is 9.89. The Balaban J connectivity index is 2.49. The van der Waals surface area contributed by atoms with Crippen molar-refractivity contribution in [2.24, 2.45) is 0 Å². The van der Waals surface area contributed by atoms with Crippen molar-refractivity contribution in [3.8, 4) is 0 Å². The molecule has 2 nitrogen and oxygen atoms in total. The first-order valence-electron chi connectivity index (χ1n) is 5.21. The Morgan fingerprint density at radius 1 is 1.29 bits per heavy atom. The van der Waals surface area contributed by atoms with Crippen LogP contribution in [-0.4, -0.2) is 5.97 Å². The molecule has 0 aromatic heterocycles. The molecule has 1 aliphatic heterocycles. The summed E-state index contributed by atoms with van der Waals surface area (Å²) in [6.07, 6.45) is -4.00. The molecule has 0 aliphatic carbocycles. The van der Waals surface area contributed by atoms with Crippen molar-refractivity contribution in [1.29, 1.82) is 0 Å². The van der Waals surface area contributed by atoms with Gasteiger partial charge in [0.2, 0.25) is 0 Å². The van der Waals surface area contributed by atoms with Gasteiger partial charge in [-0.05, 0) is 13.0 Å². The van der Waals surface area contributed by atoms with Gasteiger partial charge in [-0.15, -0.1) is 0 Å². The van der Waals surface area contributed by atoms with E-state index in [1.54, 1.807) is 0 Å². The van der Waals surface area contributed by atoms with Crippen LogP contribution < -0.4 is 0 Å². The Morgan fingerprint density at radius 2 is 1.94 bits per heavy atom. The molecule has 1 aromatic rings. The van der Waals surface area contributed by atoms with Gasteiger partial charge in [0, 0.05) is 18.4 Å². The van der Waals surface area contributed by atoms with Crippen molar-refractivity contribution < 1.29 is 22.7 Å². The molecule has 1 fully saturated rings. The third kappa shape index (κ3) is 2.14. The molecule has 0 N–H and O–H groups in total. The zero-order valence-electron chi connectivity index (χ0n) is 9.17. The van der Waals surface area contributed by atoms with E-state index in [2.05, 4.69) is 0 Å². The van der Waals surface area contributed by atoms with Crippen LogP contribution >= 0.6 is 0 Å². The Hall–Kier alpha value is -1.52. The molecule has 0 saturated carbocycles. The monoisotopic (exact) mass is 244 g/mol. The second-order valence-corrected chi connectivity index (χ2v) is 4.25. The predicted octanol–water partition coefficient (Wildman–Crippen LogP) is 3.26. The number of carbonyl (C=O) groups is 1. The number of halogens is 3. The fourth-order valence-corrected chi connectivity index (χ4v) is 2.08. The van der Waals surface area contributed by atoms with E-state index in [0.717, 1.165) is 6.07 Å². The van der Waals surface area contributed by atoms with Crippen LogP contribution in [0.1, 0.15) is 30.9 Å². The molecule has 0 spiro atoms. The van der Waals surface area contributed by atoms with Gasteiger partial charge >= 0.3 is 12.1 Å². The number of alkyl halides is 3. The van der Waals surface area contributed by atoms with Crippen molar-refractivity contribution in [3.05, 3.63) is 35.4 Å². The number of ether oxygens (including phenoxy) is 1. The number of cyclic esters (lactones) is 1. The summed E-state index contributed by atoms with van der Waals surface area (Å²) in [7, 11) is 0. The number of hydrogen-bond acceptors (Lipinski definition) is 2. The first-order chi connectivity index (χ1) is 7.83. The molecule has 1 saturated heterocycles. The number of esters is 1. The Morgan fingerprint density at radius 3 is 2.47 bits per heavy atom. The quantitative estimate of drug-likeness (QED) is 0.709. The summed E-state index contributed by atoms with van der Waals surface area (Å²) in [4.78, 5) is 11.1. The van der Waals surface area contributed by atoms with Gasteiger partial charge in [0.05, 0.1) is 5.56 Å². The zero-order valence-corrected chi connectivity index (χ0v) is 9.17. The van der Waals surface area contributed by atoms with Crippen LogP contribution in [-0.2, 0) is 21.3 Å². The second-order valence-electron chi connectivity index (χ2n) is 4.25. The van der Waals surface area contributed by atoms with E-state index < -0.39 is 23.3 Å². The van der Waals surface area contributed by atoms with E-state index in [9.17, 15) is 18.0 Å². The maximum absolute atomic E-state index is 12.8. The maximum Gasteiger partial charge on any atom is 0.416 e. The van der Waals surface area contributed by atoms with E-state index >= 15 is 0 Å². The first kappa shape index (κ1) is 12.0. The number of hydrogen-bond donors (Lipinski definition) is 0. The molecular weight excluding hydrogens is 233 g/mol. The Kier molecular flexibility index (Phi) is 2.64. The average molecular weight is 244 g/mol. The van der Waals surface area contributed by atoms with Gasteiger partial charge in [0.1, 0.15) is 5.60 Å². The summed E-state index contributed by atoms with van der Waals surface area (Å²) in [5.41, 5.74) is -1.88. The molecule has 1 aromatic carbocycles. The van der Waals surface area contributed by atoms with Crippen LogP contribution in [0, 0.1) is 0 Å². The van der Waals surface area contributed by atoms with Crippen LogP contribution in [0.15, 0.2) is 24.3 Å². The molecule has 5 heteroatoms. The minimum atomic E-state index is -4.44. The van der Waals surface area contributed by atoms with E-state index in [4.69, 9.17) is 4.74 Å². The lowest BCUT2D eigenvalue weighted by Gasteiger charge is -2.26. The normalized spacial score (nSPS) is 24.8. The minimum Gasteiger partial charge on any atom is -0.454 e. The zero-order chi connectivity index (χ0) is 12.7. The molecular formula is C12H11F3O2. The summed E-state index contributed by atoms with van der Waals surface area (Å²) in [6.45, 7) is 1.52. The SMILES string of the molecule is CC1(c2ccccc2C(F)(F)F)CCC(=O)O1. The van der Waals surface area contributed by atoms with Gasteiger partial charge in [-0.1, -0.05) is 18.2 Å². The maximum atomic E-state index is 12.8. The summed E-state index contributed by atoms with van der Waals surface area (Å²) in [5.74, 6) is -0.454.